The molecule has 7 nitrogen and oxygen atoms in total. The number of hydrogen-bond donors (Lipinski definition) is 2. The maximum atomic E-state index is 12.4. The van der Waals surface area contributed by atoms with E-state index >= 15 is 0 Å². The number of hydrogen-bond acceptors (Lipinski definition) is 5. The lowest BCUT2D eigenvalue weighted by Gasteiger charge is -2.30. The summed E-state index contributed by atoms with van der Waals surface area (Å²) in [6.45, 7) is 0.899. The highest BCUT2D eigenvalue weighted by atomic mass is 35.5. The molecular weight excluding hydrogens is 400 g/mol. The van der Waals surface area contributed by atoms with Gasteiger partial charge in [-0.1, -0.05) is 18.2 Å². The van der Waals surface area contributed by atoms with Gasteiger partial charge < -0.3 is 10.2 Å². The molecule has 154 valence electrons. The Hall–Kier alpha value is -1.66. The summed E-state index contributed by atoms with van der Waals surface area (Å²) in [5.74, 6) is -0.0223. The number of amides is 1. The summed E-state index contributed by atoms with van der Waals surface area (Å²) in [4.78, 5) is 14.2. The van der Waals surface area contributed by atoms with Crippen molar-refractivity contribution in [2.24, 2.45) is 0 Å². The van der Waals surface area contributed by atoms with Crippen LogP contribution in [0, 0.1) is 11.3 Å². The molecule has 1 amide bonds. The smallest absolute Gasteiger partial charge is 0.240 e. The van der Waals surface area contributed by atoms with Crippen molar-refractivity contribution >= 4 is 28.3 Å². The van der Waals surface area contributed by atoms with Crippen LogP contribution in [0.3, 0.4) is 0 Å². The minimum atomic E-state index is -3.49. The van der Waals surface area contributed by atoms with Gasteiger partial charge >= 0.3 is 0 Å². The second-order valence-electron chi connectivity index (χ2n) is 7.24. The molecule has 1 aromatic rings. The number of benzene rings is 1. The topological polar surface area (TPSA) is 102 Å². The lowest BCUT2D eigenvalue weighted by atomic mass is 9.92. The molecule has 1 saturated carbocycles. The Morgan fingerprint density at radius 1 is 1.11 bits per heavy atom. The molecule has 3 rings (SSSR count). The van der Waals surface area contributed by atoms with Gasteiger partial charge in [-0.2, -0.15) is 5.26 Å². The first-order valence-corrected chi connectivity index (χ1v) is 11.0. The Morgan fingerprint density at radius 2 is 1.75 bits per heavy atom. The van der Waals surface area contributed by atoms with Crippen LogP contribution in [0.15, 0.2) is 35.2 Å². The Kier molecular flexibility index (Phi) is 8.25. The number of carbonyl (C=O) groups excluding carboxylic acids is 1. The van der Waals surface area contributed by atoms with E-state index in [0.717, 1.165) is 38.5 Å². The predicted molar refractivity (Wildman–Crippen MR) is 108 cm³/mol. The van der Waals surface area contributed by atoms with Gasteiger partial charge in [-0.3, -0.25) is 4.79 Å². The van der Waals surface area contributed by atoms with Crippen LogP contribution in [0.1, 0.15) is 38.5 Å². The number of nitrogens with one attached hydrogen (secondary N) is 2. The summed E-state index contributed by atoms with van der Waals surface area (Å²) in [5, 5.41) is 12.4. The van der Waals surface area contributed by atoms with Crippen molar-refractivity contribution in [1.82, 2.24) is 14.9 Å². The van der Waals surface area contributed by atoms with Gasteiger partial charge in [0.2, 0.25) is 15.9 Å². The minimum Gasteiger partial charge on any atom is -0.326 e. The molecule has 0 bridgehead atoms. The van der Waals surface area contributed by atoms with Crippen LogP contribution in [0.4, 0.5) is 0 Å². The van der Waals surface area contributed by atoms with Gasteiger partial charge in [-0.15, -0.1) is 12.4 Å². The summed E-state index contributed by atoms with van der Waals surface area (Å²) in [6, 6.07) is 10.4. The molecular formula is C19H27ClN4O3S. The van der Waals surface area contributed by atoms with E-state index in [1.807, 2.05) is 0 Å². The monoisotopic (exact) mass is 426 g/mol. The van der Waals surface area contributed by atoms with Crippen molar-refractivity contribution in [3.63, 3.8) is 0 Å². The molecule has 0 unspecified atom stereocenters. The standard InChI is InChI=1S/C19H26N4O3S.ClH/c20-13-17-5-4-12-23(17)19(24)14-21-15-8-10-16(11-9-15)22-27(25,26)18-6-2-1-3-7-18;/h1-3,6-7,15-17,21-22H,4-5,8-12,14H2;1H/t15?,16?,17-;/m0./s1. The lowest BCUT2D eigenvalue weighted by Crippen LogP contribution is -2.46. The Balaban J connectivity index is 0.00000280. The van der Waals surface area contributed by atoms with Crippen LogP contribution in [0.2, 0.25) is 0 Å². The molecule has 1 aliphatic heterocycles. The Labute approximate surface area is 172 Å². The fourth-order valence-electron chi connectivity index (χ4n) is 3.84. The summed E-state index contributed by atoms with van der Waals surface area (Å²) < 4.78 is 27.6. The van der Waals surface area contributed by atoms with Crippen molar-refractivity contribution < 1.29 is 13.2 Å². The van der Waals surface area contributed by atoms with Gasteiger partial charge in [0.25, 0.3) is 0 Å². The zero-order chi connectivity index (χ0) is 19.3. The molecule has 2 fully saturated rings. The van der Waals surface area contributed by atoms with E-state index in [9.17, 15) is 13.2 Å². The number of likely N-dealkylation sites (tertiary alicyclic amines) is 1. The van der Waals surface area contributed by atoms with Gasteiger partial charge in [-0.25, -0.2) is 13.1 Å². The fraction of sp³-hybridized carbons (Fsp3) is 0.579. The largest absolute Gasteiger partial charge is 0.326 e. The SMILES string of the molecule is Cl.N#C[C@@H]1CCCN1C(=O)CNC1CCC(NS(=O)(=O)c2ccccc2)CC1. The maximum absolute atomic E-state index is 12.4. The summed E-state index contributed by atoms with van der Waals surface area (Å²) in [5.41, 5.74) is 0. The second-order valence-corrected chi connectivity index (χ2v) is 8.95. The summed E-state index contributed by atoms with van der Waals surface area (Å²) in [6.07, 6.45) is 4.75. The first-order valence-electron chi connectivity index (χ1n) is 9.49. The maximum Gasteiger partial charge on any atom is 0.240 e. The molecule has 1 aliphatic carbocycles. The van der Waals surface area contributed by atoms with Crippen LogP contribution < -0.4 is 10.0 Å². The molecule has 1 aromatic carbocycles. The molecule has 2 aliphatic rings. The summed E-state index contributed by atoms with van der Waals surface area (Å²) >= 11 is 0. The highest BCUT2D eigenvalue weighted by Crippen LogP contribution is 2.21. The van der Waals surface area contributed by atoms with E-state index in [1.165, 1.54) is 0 Å². The molecule has 9 heteroatoms. The average molecular weight is 427 g/mol. The molecule has 0 aromatic heterocycles. The molecule has 0 spiro atoms. The number of sulfonamides is 1. The quantitative estimate of drug-likeness (QED) is 0.722. The number of nitrogens with zero attached hydrogens (tertiary/aromatic N) is 2. The molecule has 0 radical (unpaired) electrons. The van der Waals surface area contributed by atoms with Gasteiger partial charge in [0.15, 0.2) is 0 Å². The third-order valence-electron chi connectivity index (χ3n) is 5.37. The minimum absolute atomic E-state index is 0. The molecule has 1 atom stereocenters. The molecule has 1 heterocycles. The van der Waals surface area contributed by atoms with E-state index in [1.54, 1.807) is 35.2 Å². The van der Waals surface area contributed by atoms with Crippen molar-refractivity contribution in [3.8, 4) is 6.07 Å². The van der Waals surface area contributed by atoms with Crippen LogP contribution >= 0.6 is 12.4 Å². The third kappa shape index (κ3) is 5.67. The van der Waals surface area contributed by atoms with Gasteiger partial charge in [-0.05, 0) is 50.7 Å². The Morgan fingerprint density at radius 3 is 2.39 bits per heavy atom. The van der Waals surface area contributed by atoms with Crippen molar-refractivity contribution in [3.05, 3.63) is 30.3 Å². The van der Waals surface area contributed by atoms with E-state index < -0.39 is 10.0 Å². The highest BCUT2D eigenvalue weighted by Gasteiger charge is 2.30. The normalized spacial score (nSPS) is 25.0. The second kappa shape index (κ2) is 10.2. The van der Waals surface area contributed by atoms with Crippen LogP contribution in [-0.2, 0) is 14.8 Å². The zero-order valence-corrected chi connectivity index (χ0v) is 17.3. The Bertz CT molecular complexity index is 789. The zero-order valence-electron chi connectivity index (χ0n) is 15.7. The van der Waals surface area contributed by atoms with Crippen molar-refractivity contribution in [2.45, 2.75) is 61.5 Å². The van der Waals surface area contributed by atoms with Gasteiger partial charge in [0.05, 0.1) is 17.5 Å². The molecule has 28 heavy (non-hydrogen) atoms. The van der Waals surface area contributed by atoms with Crippen LogP contribution in [0.25, 0.3) is 0 Å². The molecule has 2 N–H and O–H groups in total. The first-order chi connectivity index (χ1) is 13.0. The average Bonchev–Trinajstić information content (AvgIpc) is 3.16. The van der Waals surface area contributed by atoms with Gasteiger partial charge in [0, 0.05) is 18.6 Å². The highest BCUT2D eigenvalue weighted by molar-refractivity contribution is 7.89. The van der Waals surface area contributed by atoms with Crippen LogP contribution in [0.5, 0.6) is 0 Å². The number of nitriles is 1. The number of rotatable bonds is 6. The van der Waals surface area contributed by atoms with E-state index in [0.29, 0.717) is 6.54 Å². The first kappa shape index (κ1) is 22.6. The molecule has 1 saturated heterocycles. The van der Waals surface area contributed by atoms with Gasteiger partial charge in [0.1, 0.15) is 6.04 Å². The fourth-order valence-corrected chi connectivity index (χ4v) is 5.16. The van der Waals surface area contributed by atoms with E-state index in [4.69, 9.17) is 5.26 Å². The van der Waals surface area contributed by atoms with Crippen LogP contribution in [-0.4, -0.2) is 50.4 Å². The van der Waals surface area contributed by atoms with E-state index in [-0.39, 0.29) is 47.9 Å². The number of carbonyl (C=O) groups is 1. The van der Waals surface area contributed by atoms with Crippen molar-refractivity contribution in [1.29, 1.82) is 5.26 Å². The lowest BCUT2D eigenvalue weighted by molar-refractivity contribution is -0.130. The summed E-state index contributed by atoms with van der Waals surface area (Å²) in [7, 11) is -3.49. The van der Waals surface area contributed by atoms with Crippen molar-refractivity contribution in [2.75, 3.05) is 13.1 Å². The van der Waals surface area contributed by atoms with E-state index in [2.05, 4.69) is 16.1 Å². The third-order valence-corrected chi connectivity index (χ3v) is 6.90. The number of halogens is 1. The predicted octanol–water partition coefficient (Wildman–Crippen LogP) is 1.80.